The summed E-state index contributed by atoms with van der Waals surface area (Å²) in [7, 11) is 1.74. The van der Waals surface area contributed by atoms with Gasteiger partial charge in [-0.05, 0) is 69.3 Å². The second-order valence-corrected chi connectivity index (χ2v) is 5.59. The third kappa shape index (κ3) is 3.87. The highest BCUT2D eigenvalue weighted by molar-refractivity contribution is 5.61. The largest absolute Gasteiger partial charge is 0.494 e. The molecule has 1 aliphatic rings. The summed E-state index contributed by atoms with van der Waals surface area (Å²) >= 11 is 0. The van der Waals surface area contributed by atoms with Gasteiger partial charge >= 0.3 is 0 Å². The van der Waals surface area contributed by atoms with E-state index in [4.69, 9.17) is 4.74 Å². The molecule has 1 aromatic rings. The zero-order valence-corrected chi connectivity index (χ0v) is 12.4. The van der Waals surface area contributed by atoms with Crippen molar-refractivity contribution in [2.45, 2.75) is 33.1 Å². The zero-order chi connectivity index (χ0) is 13.7. The van der Waals surface area contributed by atoms with Gasteiger partial charge in [-0.2, -0.15) is 0 Å². The maximum absolute atomic E-state index is 5.50. The van der Waals surface area contributed by atoms with E-state index in [9.17, 15) is 0 Å². The third-order valence-electron chi connectivity index (χ3n) is 3.89. The van der Waals surface area contributed by atoms with Crippen LogP contribution in [0, 0.1) is 19.8 Å². The Morgan fingerprint density at radius 2 is 2.21 bits per heavy atom. The molecular formula is C16H26N2O. The van der Waals surface area contributed by atoms with Crippen LogP contribution >= 0.6 is 0 Å². The molecule has 1 saturated heterocycles. The number of piperidine rings is 1. The maximum Gasteiger partial charge on any atom is 0.144 e. The van der Waals surface area contributed by atoms with Gasteiger partial charge in [-0.1, -0.05) is 6.07 Å². The van der Waals surface area contributed by atoms with Gasteiger partial charge in [0, 0.05) is 6.54 Å². The van der Waals surface area contributed by atoms with E-state index in [0.29, 0.717) is 0 Å². The van der Waals surface area contributed by atoms with E-state index in [1.165, 1.54) is 43.5 Å². The van der Waals surface area contributed by atoms with E-state index in [1.807, 2.05) is 0 Å². The third-order valence-corrected chi connectivity index (χ3v) is 3.89. The lowest BCUT2D eigenvalue weighted by Crippen LogP contribution is -2.30. The van der Waals surface area contributed by atoms with E-state index >= 15 is 0 Å². The lowest BCUT2D eigenvalue weighted by molar-refractivity contribution is 0.364. The predicted octanol–water partition coefficient (Wildman–Crippen LogP) is 3.11. The molecule has 1 unspecified atom stereocenters. The SMILES string of the molecule is COc1c(C)cc(C)cc1NCCC1CCCNC1. The number of nitrogens with one attached hydrogen (secondary N) is 2. The van der Waals surface area contributed by atoms with Crippen LogP contribution in [0.1, 0.15) is 30.4 Å². The number of anilines is 1. The van der Waals surface area contributed by atoms with Gasteiger partial charge in [0.05, 0.1) is 12.8 Å². The van der Waals surface area contributed by atoms with Crippen LogP contribution in [-0.4, -0.2) is 26.7 Å². The van der Waals surface area contributed by atoms with E-state index < -0.39 is 0 Å². The molecule has 19 heavy (non-hydrogen) atoms. The minimum absolute atomic E-state index is 0.818. The summed E-state index contributed by atoms with van der Waals surface area (Å²) in [6, 6.07) is 4.33. The lowest BCUT2D eigenvalue weighted by atomic mass is 9.96. The van der Waals surface area contributed by atoms with Crippen molar-refractivity contribution >= 4 is 5.69 Å². The van der Waals surface area contributed by atoms with Crippen LogP contribution in [0.15, 0.2) is 12.1 Å². The number of aryl methyl sites for hydroxylation is 2. The fourth-order valence-electron chi connectivity index (χ4n) is 2.94. The van der Waals surface area contributed by atoms with Crippen molar-refractivity contribution in [3.63, 3.8) is 0 Å². The smallest absolute Gasteiger partial charge is 0.144 e. The number of hydrogen-bond donors (Lipinski definition) is 2. The highest BCUT2D eigenvalue weighted by Gasteiger charge is 2.13. The molecule has 0 amide bonds. The van der Waals surface area contributed by atoms with Gasteiger partial charge in [0.2, 0.25) is 0 Å². The molecule has 1 fully saturated rings. The molecule has 1 aromatic carbocycles. The summed E-state index contributed by atoms with van der Waals surface area (Å²) in [6.45, 7) is 7.61. The highest BCUT2D eigenvalue weighted by atomic mass is 16.5. The lowest BCUT2D eigenvalue weighted by Gasteiger charge is -2.23. The topological polar surface area (TPSA) is 33.3 Å². The molecule has 1 atom stereocenters. The van der Waals surface area contributed by atoms with Crippen molar-refractivity contribution in [2.75, 3.05) is 32.1 Å². The quantitative estimate of drug-likeness (QED) is 0.855. The van der Waals surface area contributed by atoms with Crippen LogP contribution in [0.2, 0.25) is 0 Å². The summed E-state index contributed by atoms with van der Waals surface area (Å²) in [6.07, 6.45) is 3.90. The van der Waals surface area contributed by atoms with Gasteiger partial charge < -0.3 is 15.4 Å². The van der Waals surface area contributed by atoms with Gasteiger partial charge in [-0.25, -0.2) is 0 Å². The highest BCUT2D eigenvalue weighted by Crippen LogP contribution is 2.30. The Labute approximate surface area is 116 Å². The Morgan fingerprint density at radius 3 is 2.89 bits per heavy atom. The van der Waals surface area contributed by atoms with Gasteiger partial charge in [0.1, 0.15) is 5.75 Å². The molecule has 1 heterocycles. The Bertz CT molecular complexity index is 411. The van der Waals surface area contributed by atoms with E-state index in [2.05, 4.69) is 36.6 Å². The van der Waals surface area contributed by atoms with Crippen LogP contribution in [0.25, 0.3) is 0 Å². The molecule has 1 aliphatic heterocycles. The molecule has 3 heteroatoms. The van der Waals surface area contributed by atoms with Crippen molar-refractivity contribution in [1.29, 1.82) is 0 Å². The molecule has 2 N–H and O–H groups in total. The van der Waals surface area contributed by atoms with E-state index in [-0.39, 0.29) is 0 Å². The number of ether oxygens (including phenoxy) is 1. The molecular weight excluding hydrogens is 236 g/mol. The number of hydrogen-bond acceptors (Lipinski definition) is 3. The van der Waals surface area contributed by atoms with Crippen LogP contribution in [0.3, 0.4) is 0 Å². The first kappa shape index (κ1) is 14.2. The summed E-state index contributed by atoms with van der Waals surface area (Å²) in [5.74, 6) is 1.80. The van der Waals surface area contributed by atoms with Crippen LogP contribution in [0.5, 0.6) is 5.75 Å². The first-order chi connectivity index (χ1) is 9.20. The number of rotatable bonds is 5. The molecule has 0 spiro atoms. The molecule has 0 radical (unpaired) electrons. The second-order valence-electron chi connectivity index (χ2n) is 5.59. The second kappa shape index (κ2) is 6.80. The normalized spacial score (nSPS) is 19.2. The van der Waals surface area contributed by atoms with Crippen LogP contribution in [0.4, 0.5) is 5.69 Å². The molecule has 0 saturated carbocycles. The first-order valence-corrected chi connectivity index (χ1v) is 7.30. The van der Waals surface area contributed by atoms with Crippen molar-refractivity contribution < 1.29 is 4.74 Å². The standard InChI is InChI=1S/C16H26N2O/c1-12-9-13(2)16(19-3)15(10-12)18-8-6-14-5-4-7-17-11-14/h9-10,14,17-18H,4-8,11H2,1-3H3. The predicted molar refractivity (Wildman–Crippen MR) is 81.2 cm³/mol. The van der Waals surface area contributed by atoms with Gasteiger partial charge in [-0.3, -0.25) is 0 Å². The van der Waals surface area contributed by atoms with E-state index in [0.717, 1.165) is 23.9 Å². The van der Waals surface area contributed by atoms with Crippen molar-refractivity contribution in [3.8, 4) is 5.75 Å². The van der Waals surface area contributed by atoms with Crippen molar-refractivity contribution in [1.82, 2.24) is 5.32 Å². The Kier molecular flexibility index (Phi) is 5.08. The summed E-state index contributed by atoms with van der Waals surface area (Å²) < 4.78 is 5.50. The van der Waals surface area contributed by atoms with Crippen LogP contribution in [-0.2, 0) is 0 Å². The monoisotopic (exact) mass is 262 g/mol. The fourth-order valence-corrected chi connectivity index (χ4v) is 2.94. The minimum atomic E-state index is 0.818. The first-order valence-electron chi connectivity index (χ1n) is 7.30. The Balaban J connectivity index is 1.91. The van der Waals surface area contributed by atoms with Crippen LogP contribution < -0.4 is 15.4 Å². The summed E-state index contributed by atoms with van der Waals surface area (Å²) in [5.41, 5.74) is 3.60. The van der Waals surface area contributed by atoms with E-state index in [1.54, 1.807) is 7.11 Å². The number of methoxy groups -OCH3 is 1. The molecule has 0 aromatic heterocycles. The van der Waals surface area contributed by atoms with Gasteiger partial charge in [0.15, 0.2) is 0 Å². The van der Waals surface area contributed by atoms with Gasteiger partial charge in [0.25, 0.3) is 0 Å². The number of benzene rings is 1. The molecule has 106 valence electrons. The Hall–Kier alpha value is -1.22. The fraction of sp³-hybridized carbons (Fsp3) is 0.625. The summed E-state index contributed by atoms with van der Waals surface area (Å²) in [5, 5.41) is 7.01. The summed E-state index contributed by atoms with van der Waals surface area (Å²) in [4.78, 5) is 0. The minimum Gasteiger partial charge on any atom is -0.494 e. The Morgan fingerprint density at radius 1 is 1.37 bits per heavy atom. The molecule has 3 nitrogen and oxygen atoms in total. The molecule has 0 aliphatic carbocycles. The average Bonchev–Trinajstić information content (AvgIpc) is 2.39. The van der Waals surface area contributed by atoms with Crippen molar-refractivity contribution in [3.05, 3.63) is 23.3 Å². The maximum atomic E-state index is 5.50. The zero-order valence-electron chi connectivity index (χ0n) is 12.4. The van der Waals surface area contributed by atoms with Crippen molar-refractivity contribution in [2.24, 2.45) is 5.92 Å². The molecule has 2 rings (SSSR count). The molecule has 0 bridgehead atoms. The van der Waals surface area contributed by atoms with Gasteiger partial charge in [-0.15, -0.1) is 0 Å². The average molecular weight is 262 g/mol.